The van der Waals surface area contributed by atoms with Gasteiger partial charge in [0.2, 0.25) is 0 Å². The molecule has 162 valence electrons. The summed E-state index contributed by atoms with van der Waals surface area (Å²) in [6.07, 6.45) is 0.938. The molecule has 2 aliphatic heterocycles. The van der Waals surface area contributed by atoms with E-state index in [1.807, 2.05) is 0 Å². The Morgan fingerprint density at radius 2 is 2.06 bits per heavy atom. The number of hydrogen-bond donors (Lipinski definition) is 1. The Labute approximate surface area is 179 Å². The topological polar surface area (TPSA) is 88.4 Å². The molecule has 0 radical (unpaired) electrons. The van der Waals surface area contributed by atoms with E-state index in [0.29, 0.717) is 42.8 Å². The molecule has 0 saturated carbocycles. The third-order valence-electron chi connectivity index (χ3n) is 5.92. The van der Waals surface area contributed by atoms with Gasteiger partial charge < -0.3 is 19.6 Å². The number of carboxylic acids is 1. The van der Waals surface area contributed by atoms with Gasteiger partial charge in [-0.15, -0.1) is 0 Å². The Kier molecular flexibility index (Phi) is 5.63. The smallest absolute Gasteiger partial charge is 0.329 e. The van der Waals surface area contributed by atoms with Crippen LogP contribution in [0, 0.1) is 5.82 Å². The maximum atomic E-state index is 13.2. The van der Waals surface area contributed by atoms with E-state index in [2.05, 4.69) is 5.16 Å². The van der Waals surface area contributed by atoms with Crippen molar-refractivity contribution in [2.45, 2.75) is 37.3 Å². The van der Waals surface area contributed by atoms with Gasteiger partial charge in [-0.1, -0.05) is 23.4 Å². The molecule has 8 heteroatoms. The van der Waals surface area contributed by atoms with Gasteiger partial charge in [0.05, 0.1) is 12.8 Å². The van der Waals surface area contributed by atoms with Crippen LogP contribution in [0.2, 0.25) is 0 Å². The van der Waals surface area contributed by atoms with E-state index in [9.17, 15) is 19.1 Å². The van der Waals surface area contributed by atoms with E-state index < -0.39 is 17.6 Å². The summed E-state index contributed by atoms with van der Waals surface area (Å²) in [5.74, 6) is -1.22. The lowest BCUT2D eigenvalue weighted by molar-refractivity contribution is -0.150. The molecule has 1 fully saturated rings. The number of amides is 1. The second kappa shape index (κ2) is 8.37. The lowest BCUT2D eigenvalue weighted by Gasteiger charge is -2.36. The van der Waals surface area contributed by atoms with Gasteiger partial charge in [-0.25, -0.2) is 9.18 Å². The van der Waals surface area contributed by atoms with E-state index in [1.54, 1.807) is 36.4 Å². The Bertz CT molecular complexity index is 1020. The fourth-order valence-electron chi connectivity index (χ4n) is 4.34. The number of carbonyl (C=O) groups excluding carboxylic acids is 1. The summed E-state index contributed by atoms with van der Waals surface area (Å²) < 4.78 is 18.4. The van der Waals surface area contributed by atoms with Crippen molar-refractivity contribution in [1.29, 1.82) is 0 Å². The molecule has 4 rings (SSSR count). The van der Waals surface area contributed by atoms with Gasteiger partial charge in [0.25, 0.3) is 5.91 Å². The standard InChI is InChI=1S/C23H23FN2O5/c1-30-18-5-2-4-16(12-18)21(27)26-11-3-10-23(26,22(28)29)14-19-13-20(25-31-19)15-6-8-17(24)9-7-15/h2,4-9,12,19H,3,10-11,13-14H2,1H3,(H,28,29). The number of rotatable bonds is 6. The number of benzene rings is 2. The molecule has 0 spiro atoms. The quantitative estimate of drug-likeness (QED) is 0.764. The molecular formula is C23H23FN2O5. The Morgan fingerprint density at radius 1 is 1.29 bits per heavy atom. The number of halogens is 1. The first-order valence-electron chi connectivity index (χ1n) is 10.1. The van der Waals surface area contributed by atoms with E-state index in [4.69, 9.17) is 9.57 Å². The zero-order valence-electron chi connectivity index (χ0n) is 17.1. The van der Waals surface area contributed by atoms with Crippen LogP contribution in [0.5, 0.6) is 5.75 Å². The summed E-state index contributed by atoms with van der Waals surface area (Å²) >= 11 is 0. The molecule has 2 atom stereocenters. The van der Waals surface area contributed by atoms with E-state index in [0.717, 1.165) is 5.56 Å². The summed E-state index contributed by atoms with van der Waals surface area (Å²) in [5.41, 5.74) is 0.360. The minimum atomic E-state index is -1.38. The number of carbonyl (C=O) groups is 2. The number of ether oxygens (including phenoxy) is 1. The number of nitrogens with zero attached hydrogens (tertiary/aromatic N) is 2. The second-order valence-corrected chi connectivity index (χ2v) is 7.81. The first kappa shape index (κ1) is 20.8. The van der Waals surface area contributed by atoms with Crippen LogP contribution in [0.15, 0.2) is 53.7 Å². The lowest BCUT2D eigenvalue weighted by Crippen LogP contribution is -2.54. The summed E-state index contributed by atoms with van der Waals surface area (Å²) in [6.45, 7) is 0.348. The first-order chi connectivity index (χ1) is 14.9. The first-order valence-corrected chi connectivity index (χ1v) is 10.1. The highest BCUT2D eigenvalue weighted by Crippen LogP contribution is 2.38. The molecule has 2 aliphatic rings. The van der Waals surface area contributed by atoms with Crippen LogP contribution in [-0.4, -0.2) is 52.9 Å². The number of aliphatic carboxylic acids is 1. The van der Waals surface area contributed by atoms with Crippen LogP contribution >= 0.6 is 0 Å². The number of hydrogen-bond acceptors (Lipinski definition) is 5. The van der Waals surface area contributed by atoms with Crippen molar-refractivity contribution in [2.75, 3.05) is 13.7 Å². The van der Waals surface area contributed by atoms with Crippen LogP contribution in [0.4, 0.5) is 4.39 Å². The molecule has 1 saturated heterocycles. The molecule has 2 aromatic rings. The Balaban J connectivity index is 1.53. The molecule has 31 heavy (non-hydrogen) atoms. The van der Waals surface area contributed by atoms with Gasteiger partial charge >= 0.3 is 5.97 Å². The average molecular weight is 426 g/mol. The summed E-state index contributed by atoms with van der Waals surface area (Å²) in [7, 11) is 1.51. The van der Waals surface area contributed by atoms with Crippen molar-refractivity contribution >= 4 is 17.6 Å². The highest BCUT2D eigenvalue weighted by molar-refractivity contribution is 6.01. The number of oxime groups is 1. The van der Waals surface area contributed by atoms with Crippen LogP contribution in [0.25, 0.3) is 0 Å². The molecule has 1 amide bonds. The predicted molar refractivity (Wildman–Crippen MR) is 111 cm³/mol. The number of likely N-dealkylation sites (tertiary alicyclic amines) is 1. The van der Waals surface area contributed by atoms with Gasteiger partial charge in [0, 0.05) is 24.9 Å². The average Bonchev–Trinajstić information content (AvgIpc) is 3.42. The zero-order chi connectivity index (χ0) is 22.0. The summed E-state index contributed by atoms with van der Waals surface area (Å²) in [4.78, 5) is 32.6. The molecule has 7 nitrogen and oxygen atoms in total. The van der Waals surface area contributed by atoms with Crippen molar-refractivity contribution in [3.05, 3.63) is 65.5 Å². The van der Waals surface area contributed by atoms with Crippen molar-refractivity contribution in [3.63, 3.8) is 0 Å². The van der Waals surface area contributed by atoms with Crippen molar-refractivity contribution in [3.8, 4) is 5.75 Å². The largest absolute Gasteiger partial charge is 0.497 e. The Hall–Kier alpha value is -3.42. The fourth-order valence-corrected chi connectivity index (χ4v) is 4.34. The van der Waals surface area contributed by atoms with E-state index in [1.165, 1.54) is 24.1 Å². The van der Waals surface area contributed by atoms with Crippen molar-refractivity contribution < 1.29 is 28.7 Å². The molecular weight excluding hydrogens is 403 g/mol. The zero-order valence-corrected chi connectivity index (χ0v) is 17.1. The van der Waals surface area contributed by atoms with E-state index >= 15 is 0 Å². The van der Waals surface area contributed by atoms with Crippen LogP contribution in [-0.2, 0) is 9.63 Å². The maximum absolute atomic E-state index is 13.2. The van der Waals surface area contributed by atoms with Gasteiger partial charge in [0.1, 0.15) is 23.2 Å². The molecule has 2 heterocycles. The molecule has 0 aliphatic carbocycles. The van der Waals surface area contributed by atoms with Crippen LogP contribution in [0.1, 0.15) is 41.6 Å². The van der Waals surface area contributed by atoms with Gasteiger partial charge in [0.15, 0.2) is 0 Å². The lowest BCUT2D eigenvalue weighted by atomic mass is 9.86. The summed E-state index contributed by atoms with van der Waals surface area (Å²) in [5, 5.41) is 14.2. The Morgan fingerprint density at radius 3 is 2.77 bits per heavy atom. The predicted octanol–water partition coefficient (Wildman–Crippen LogP) is 3.48. The van der Waals surface area contributed by atoms with Crippen molar-refractivity contribution in [2.24, 2.45) is 5.16 Å². The SMILES string of the molecule is COc1cccc(C(=O)N2CCCC2(CC2CC(c3ccc(F)cc3)=NO2)C(=O)O)c1. The normalized spacial score (nSPS) is 22.7. The highest BCUT2D eigenvalue weighted by Gasteiger charge is 2.52. The van der Waals surface area contributed by atoms with Crippen LogP contribution in [0.3, 0.4) is 0 Å². The minimum absolute atomic E-state index is 0.117. The third kappa shape index (κ3) is 3.97. The molecule has 2 aromatic carbocycles. The van der Waals surface area contributed by atoms with Crippen molar-refractivity contribution in [1.82, 2.24) is 4.90 Å². The highest BCUT2D eigenvalue weighted by atomic mass is 19.1. The molecule has 0 bridgehead atoms. The number of carboxylic acid groups (broad SMARTS) is 1. The summed E-state index contributed by atoms with van der Waals surface area (Å²) in [6, 6.07) is 12.6. The van der Waals surface area contributed by atoms with Gasteiger partial charge in [-0.3, -0.25) is 4.79 Å². The monoisotopic (exact) mass is 426 g/mol. The van der Waals surface area contributed by atoms with E-state index in [-0.39, 0.29) is 18.1 Å². The minimum Gasteiger partial charge on any atom is -0.497 e. The fraction of sp³-hybridized carbons (Fsp3) is 0.348. The molecule has 2 unspecified atom stereocenters. The van der Waals surface area contributed by atoms with Crippen LogP contribution < -0.4 is 4.74 Å². The number of methoxy groups -OCH3 is 1. The van der Waals surface area contributed by atoms with Gasteiger partial charge in [-0.05, 0) is 48.7 Å². The molecule has 0 aromatic heterocycles. The maximum Gasteiger partial charge on any atom is 0.329 e. The second-order valence-electron chi connectivity index (χ2n) is 7.81. The molecule has 1 N–H and O–H groups in total. The third-order valence-corrected chi connectivity index (χ3v) is 5.92. The van der Waals surface area contributed by atoms with Gasteiger partial charge in [-0.2, -0.15) is 0 Å².